The van der Waals surface area contributed by atoms with Crippen molar-refractivity contribution in [1.29, 1.82) is 0 Å². The third-order valence-electron chi connectivity index (χ3n) is 5.61. The molecule has 0 radical (unpaired) electrons. The van der Waals surface area contributed by atoms with Crippen LogP contribution in [0.4, 0.5) is 0 Å². The standard InChI is InChI=1S/C8H15O.3C4H9.Sn/c1-9-8-6-4-2-3-5-7-8;3*1-3-4-2;/h8H,1-7H2;3*1,3-4H2,2H3;. The fourth-order valence-electron chi connectivity index (χ4n) is 3.95. The van der Waals surface area contributed by atoms with E-state index < -0.39 is 18.4 Å². The summed E-state index contributed by atoms with van der Waals surface area (Å²) in [6.07, 6.45) is 17.5. The number of ether oxygens (including phenoxy) is 1. The molecule has 0 heterocycles. The van der Waals surface area contributed by atoms with Crippen LogP contribution in [0.1, 0.15) is 97.8 Å². The summed E-state index contributed by atoms with van der Waals surface area (Å²) in [5.41, 5.74) is 0. The fourth-order valence-corrected chi connectivity index (χ4v) is 18.5. The second kappa shape index (κ2) is 13.1. The minimum atomic E-state index is -2.03. The second-order valence-electron chi connectivity index (χ2n) is 7.74. The molecule has 0 spiro atoms. The van der Waals surface area contributed by atoms with Gasteiger partial charge in [-0.2, -0.15) is 0 Å². The molecular weight excluding hydrogens is 375 g/mol. The molecule has 0 amide bonds. The summed E-state index contributed by atoms with van der Waals surface area (Å²) in [6, 6.07) is 0. The third-order valence-corrected chi connectivity index (χ3v) is 19.9. The first-order valence-corrected chi connectivity index (χ1v) is 18.4. The van der Waals surface area contributed by atoms with E-state index in [1.165, 1.54) is 81.7 Å². The molecule has 0 aromatic rings. The van der Waals surface area contributed by atoms with E-state index in [0.29, 0.717) is 6.10 Å². The van der Waals surface area contributed by atoms with Gasteiger partial charge in [0.1, 0.15) is 0 Å². The molecule has 0 atom stereocenters. The Bertz CT molecular complexity index is 224. The average molecular weight is 417 g/mol. The molecule has 1 fully saturated rings. The summed E-state index contributed by atoms with van der Waals surface area (Å²) in [4.78, 5) is 0. The van der Waals surface area contributed by atoms with Crippen LogP contribution in [0, 0.1) is 0 Å². The summed E-state index contributed by atoms with van der Waals surface area (Å²) in [5, 5.41) is 0. The molecule has 132 valence electrons. The van der Waals surface area contributed by atoms with Gasteiger partial charge in [0, 0.05) is 0 Å². The van der Waals surface area contributed by atoms with E-state index in [2.05, 4.69) is 20.8 Å². The van der Waals surface area contributed by atoms with Gasteiger partial charge in [-0.05, 0) is 0 Å². The molecule has 0 aromatic carbocycles. The summed E-state index contributed by atoms with van der Waals surface area (Å²) in [6.45, 7) is 7.09. The van der Waals surface area contributed by atoms with Gasteiger partial charge in [-0.3, -0.25) is 0 Å². The van der Waals surface area contributed by atoms with Crippen molar-refractivity contribution in [3.05, 3.63) is 0 Å². The maximum atomic E-state index is 6.61. The average Bonchev–Trinajstić information content (AvgIpc) is 2.82. The van der Waals surface area contributed by atoms with Crippen LogP contribution in [-0.2, 0) is 4.74 Å². The van der Waals surface area contributed by atoms with Gasteiger partial charge >= 0.3 is 145 Å². The molecule has 0 aliphatic heterocycles. The predicted molar refractivity (Wildman–Crippen MR) is 102 cm³/mol. The first kappa shape index (κ1) is 20.8. The van der Waals surface area contributed by atoms with Crippen LogP contribution in [0.15, 0.2) is 0 Å². The van der Waals surface area contributed by atoms with Crippen LogP contribution in [0.25, 0.3) is 0 Å². The van der Waals surface area contributed by atoms with Gasteiger partial charge in [0.2, 0.25) is 0 Å². The fraction of sp³-hybridized carbons (Fsp3) is 1.00. The molecule has 1 rings (SSSR count). The zero-order chi connectivity index (χ0) is 16.1. The summed E-state index contributed by atoms with van der Waals surface area (Å²) >= 11 is -2.03. The topological polar surface area (TPSA) is 9.23 Å². The van der Waals surface area contributed by atoms with Crippen molar-refractivity contribution >= 4 is 18.4 Å². The van der Waals surface area contributed by atoms with Crippen molar-refractivity contribution in [2.75, 3.05) is 4.62 Å². The number of unbranched alkanes of at least 4 members (excludes halogenated alkanes) is 3. The Kier molecular flexibility index (Phi) is 12.4. The molecular formula is C20H42OSn. The summed E-state index contributed by atoms with van der Waals surface area (Å²) < 4.78 is 12.6. The number of rotatable bonds is 12. The summed E-state index contributed by atoms with van der Waals surface area (Å²) in [5.74, 6) is 0. The normalized spacial score (nSPS) is 17.6. The van der Waals surface area contributed by atoms with Gasteiger partial charge in [0.15, 0.2) is 0 Å². The molecule has 22 heavy (non-hydrogen) atoms. The van der Waals surface area contributed by atoms with Crippen LogP contribution in [-0.4, -0.2) is 29.1 Å². The molecule has 0 aromatic heterocycles. The van der Waals surface area contributed by atoms with Gasteiger partial charge in [0.05, 0.1) is 0 Å². The maximum absolute atomic E-state index is 6.61. The zero-order valence-corrected chi connectivity index (χ0v) is 18.7. The van der Waals surface area contributed by atoms with E-state index >= 15 is 0 Å². The molecule has 0 unspecified atom stereocenters. The molecule has 1 saturated carbocycles. The quantitative estimate of drug-likeness (QED) is 0.243. The van der Waals surface area contributed by atoms with Crippen LogP contribution >= 0.6 is 0 Å². The van der Waals surface area contributed by atoms with E-state index in [9.17, 15) is 0 Å². The van der Waals surface area contributed by atoms with Crippen molar-refractivity contribution < 1.29 is 4.74 Å². The molecule has 0 saturated heterocycles. The molecule has 2 heteroatoms. The van der Waals surface area contributed by atoms with Gasteiger partial charge in [0.25, 0.3) is 0 Å². The monoisotopic (exact) mass is 418 g/mol. The van der Waals surface area contributed by atoms with E-state index in [-0.39, 0.29) is 0 Å². The SMILES string of the molecule is CCC[CH2][Sn]([CH2]CCC)([CH2]CCC)[CH2]OC1CCCCCC1. The van der Waals surface area contributed by atoms with E-state index in [1.54, 1.807) is 13.3 Å². The molecule has 1 nitrogen and oxygen atoms in total. The summed E-state index contributed by atoms with van der Waals surface area (Å²) in [7, 11) is 0. The second-order valence-corrected chi connectivity index (χ2v) is 21.4. The Labute approximate surface area is 144 Å². The Morgan fingerprint density at radius 3 is 1.59 bits per heavy atom. The molecule has 0 bridgehead atoms. The third kappa shape index (κ3) is 8.57. The minimum absolute atomic E-state index is 0.614. The molecule has 1 aliphatic rings. The Hall–Kier alpha value is 0.759. The van der Waals surface area contributed by atoms with Crippen molar-refractivity contribution in [1.82, 2.24) is 0 Å². The zero-order valence-electron chi connectivity index (χ0n) is 15.8. The predicted octanol–water partition coefficient (Wildman–Crippen LogP) is 7.11. The van der Waals surface area contributed by atoms with E-state index in [1.807, 2.05) is 0 Å². The van der Waals surface area contributed by atoms with Gasteiger partial charge in [-0.25, -0.2) is 0 Å². The Balaban J connectivity index is 2.58. The van der Waals surface area contributed by atoms with Crippen LogP contribution in [0.5, 0.6) is 0 Å². The van der Waals surface area contributed by atoms with Crippen molar-refractivity contribution in [2.45, 2.75) is 117 Å². The first-order chi connectivity index (χ1) is 10.8. The van der Waals surface area contributed by atoms with Crippen LogP contribution < -0.4 is 0 Å². The van der Waals surface area contributed by atoms with Gasteiger partial charge < -0.3 is 0 Å². The van der Waals surface area contributed by atoms with Crippen LogP contribution in [0.3, 0.4) is 0 Å². The van der Waals surface area contributed by atoms with E-state index in [4.69, 9.17) is 4.74 Å². The van der Waals surface area contributed by atoms with Crippen molar-refractivity contribution in [3.63, 3.8) is 0 Å². The van der Waals surface area contributed by atoms with Gasteiger partial charge in [-0.1, -0.05) is 0 Å². The van der Waals surface area contributed by atoms with E-state index in [0.717, 1.165) is 0 Å². The van der Waals surface area contributed by atoms with Crippen molar-refractivity contribution in [2.24, 2.45) is 0 Å². The Morgan fingerprint density at radius 2 is 1.18 bits per heavy atom. The number of hydrogen-bond donors (Lipinski definition) is 0. The number of hydrogen-bond acceptors (Lipinski definition) is 1. The van der Waals surface area contributed by atoms with Gasteiger partial charge in [-0.15, -0.1) is 0 Å². The Morgan fingerprint density at radius 1 is 0.727 bits per heavy atom. The van der Waals surface area contributed by atoms with Crippen LogP contribution in [0.2, 0.25) is 13.3 Å². The molecule has 0 N–H and O–H groups in total. The molecule has 1 aliphatic carbocycles. The van der Waals surface area contributed by atoms with Crippen molar-refractivity contribution in [3.8, 4) is 0 Å². The first-order valence-electron chi connectivity index (χ1n) is 10.4.